The third-order valence-corrected chi connectivity index (χ3v) is 4.27. The molecule has 1 atom stereocenters. The minimum atomic E-state index is -0.678. The van der Waals surface area contributed by atoms with E-state index in [1.807, 2.05) is 0 Å². The molecule has 0 aliphatic carbocycles. The van der Waals surface area contributed by atoms with E-state index in [0.717, 1.165) is 4.90 Å². The molecular weight excluding hydrogens is 351 g/mol. The van der Waals surface area contributed by atoms with Gasteiger partial charge in [0.25, 0.3) is 5.91 Å². The molecule has 7 heteroatoms. The van der Waals surface area contributed by atoms with Gasteiger partial charge in [-0.1, -0.05) is 29.3 Å². The molecule has 0 unspecified atom stereocenters. The standard InChI is InChI=1S/C17H14Cl2N2O3/c1-24-12-4-2-3-11(8-12)21-16(22)9-15(17(21)23)20-14-6-5-10(18)7-13(14)19/h2-8,15,20H,9H2,1H3/t15-/m1/s1. The van der Waals surface area contributed by atoms with E-state index in [1.54, 1.807) is 42.5 Å². The van der Waals surface area contributed by atoms with Crippen LogP contribution in [0.5, 0.6) is 5.75 Å². The quantitative estimate of drug-likeness (QED) is 0.839. The van der Waals surface area contributed by atoms with Gasteiger partial charge in [0.1, 0.15) is 11.8 Å². The highest BCUT2D eigenvalue weighted by Crippen LogP contribution is 2.30. The Morgan fingerprint density at radius 3 is 2.67 bits per heavy atom. The maximum atomic E-state index is 12.6. The Labute approximate surface area is 149 Å². The van der Waals surface area contributed by atoms with Gasteiger partial charge in [0.15, 0.2) is 0 Å². The van der Waals surface area contributed by atoms with Crippen LogP contribution in [0.25, 0.3) is 0 Å². The monoisotopic (exact) mass is 364 g/mol. The predicted molar refractivity (Wildman–Crippen MR) is 94.0 cm³/mol. The lowest BCUT2D eigenvalue weighted by Crippen LogP contribution is -2.34. The number of hydrogen-bond donors (Lipinski definition) is 1. The van der Waals surface area contributed by atoms with E-state index in [0.29, 0.717) is 27.2 Å². The van der Waals surface area contributed by atoms with Gasteiger partial charge in [0, 0.05) is 11.1 Å². The van der Waals surface area contributed by atoms with Crippen molar-refractivity contribution in [2.45, 2.75) is 12.5 Å². The van der Waals surface area contributed by atoms with Gasteiger partial charge in [-0.25, -0.2) is 4.90 Å². The first-order valence-electron chi connectivity index (χ1n) is 7.22. The van der Waals surface area contributed by atoms with Crippen LogP contribution in [0.4, 0.5) is 11.4 Å². The summed E-state index contributed by atoms with van der Waals surface area (Å²) in [6.07, 6.45) is 0.0506. The number of amides is 2. The smallest absolute Gasteiger partial charge is 0.256 e. The molecule has 2 amide bonds. The van der Waals surface area contributed by atoms with Gasteiger partial charge in [-0.15, -0.1) is 0 Å². The molecule has 0 saturated carbocycles. The number of ether oxygens (including phenoxy) is 1. The molecule has 1 fully saturated rings. The van der Waals surface area contributed by atoms with Crippen molar-refractivity contribution in [1.29, 1.82) is 0 Å². The average Bonchev–Trinajstić information content (AvgIpc) is 2.84. The lowest BCUT2D eigenvalue weighted by molar-refractivity contribution is -0.121. The lowest BCUT2D eigenvalue weighted by atomic mass is 10.2. The van der Waals surface area contributed by atoms with Crippen LogP contribution < -0.4 is 15.0 Å². The number of methoxy groups -OCH3 is 1. The van der Waals surface area contributed by atoms with E-state index in [1.165, 1.54) is 7.11 Å². The summed E-state index contributed by atoms with van der Waals surface area (Å²) in [5.41, 5.74) is 1.04. The second kappa shape index (κ2) is 6.71. The van der Waals surface area contributed by atoms with Crippen LogP contribution in [0.1, 0.15) is 6.42 Å². The van der Waals surface area contributed by atoms with Crippen molar-refractivity contribution in [2.24, 2.45) is 0 Å². The molecule has 1 heterocycles. The molecule has 24 heavy (non-hydrogen) atoms. The first-order chi connectivity index (χ1) is 11.5. The lowest BCUT2D eigenvalue weighted by Gasteiger charge is -2.17. The molecule has 3 rings (SSSR count). The number of halogens is 2. The number of carbonyl (C=O) groups is 2. The normalized spacial score (nSPS) is 17.3. The molecule has 2 aromatic carbocycles. The third-order valence-electron chi connectivity index (χ3n) is 3.72. The van der Waals surface area contributed by atoms with Crippen molar-refractivity contribution in [3.8, 4) is 5.75 Å². The number of nitrogens with zero attached hydrogens (tertiary/aromatic N) is 1. The minimum absolute atomic E-state index is 0.0506. The van der Waals surface area contributed by atoms with Crippen LogP contribution in [0, 0.1) is 0 Å². The topological polar surface area (TPSA) is 58.6 Å². The summed E-state index contributed by atoms with van der Waals surface area (Å²) in [5.74, 6) is -0.0413. The van der Waals surface area contributed by atoms with Crippen molar-refractivity contribution >= 4 is 46.4 Å². The molecule has 1 N–H and O–H groups in total. The van der Waals surface area contributed by atoms with E-state index in [-0.39, 0.29) is 18.2 Å². The molecule has 5 nitrogen and oxygen atoms in total. The van der Waals surface area contributed by atoms with E-state index >= 15 is 0 Å². The van der Waals surface area contributed by atoms with Crippen molar-refractivity contribution < 1.29 is 14.3 Å². The molecular formula is C17H14Cl2N2O3. The summed E-state index contributed by atoms with van der Waals surface area (Å²) in [7, 11) is 1.53. The summed E-state index contributed by atoms with van der Waals surface area (Å²) in [4.78, 5) is 26.1. The molecule has 2 aromatic rings. The number of rotatable bonds is 4. The second-order valence-corrected chi connectivity index (χ2v) is 6.14. The van der Waals surface area contributed by atoms with E-state index in [4.69, 9.17) is 27.9 Å². The van der Waals surface area contributed by atoms with Crippen LogP contribution in [0.3, 0.4) is 0 Å². The Balaban J connectivity index is 1.83. The summed E-state index contributed by atoms with van der Waals surface area (Å²) < 4.78 is 5.14. The fourth-order valence-corrected chi connectivity index (χ4v) is 3.02. The highest BCUT2D eigenvalue weighted by Gasteiger charge is 2.39. The van der Waals surface area contributed by atoms with Crippen molar-refractivity contribution in [3.63, 3.8) is 0 Å². The Morgan fingerprint density at radius 2 is 1.96 bits per heavy atom. The van der Waals surface area contributed by atoms with Gasteiger partial charge in [-0.2, -0.15) is 0 Å². The van der Waals surface area contributed by atoms with Gasteiger partial charge < -0.3 is 10.1 Å². The van der Waals surface area contributed by atoms with Crippen molar-refractivity contribution in [2.75, 3.05) is 17.3 Å². The summed E-state index contributed by atoms with van der Waals surface area (Å²) in [5, 5.41) is 3.90. The highest BCUT2D eigenvalue weighted by atomic mass is 35.5. The maximum Gasteiger partial charge on any atom is 0.256 e. The van der Waals surface area contributed by atoms with Gasteiger partial charge in [-0.3, -0.25) is 9.59 Å². The fraction of sp³-hybridized carbons (Fsp3) is 0.176. The number of nitrogens with one attached hydrogen (secondary N) is 1. The van der Waals surface area contributed by atoms with Gasteiger partial charge >= 0.3 is 0 Å². The largest absolute Gasteiger partial charge is 0.497 e. The van der Waals surface area contributed by atoms with Gasteiger partial charge in [0.2, 0.25) is 5.91 Å². The maximum absolute atomic E-state index is 12.6. The molecule has 0 spiro atoms. The fourth-order valence-electron chi connectivity index (χ4n) is 2.56. The Bertz CT molecular complexity index is 810. The number of benzene rings is 2. The Morgan fingerprint density at radius 1 is 1.17 bits per heavy atom. The summed E-state index contributed by atoms with van der Waals surface area (Å²) >= 11 is 12.0. The van der Waals surface area contributed by atoms with Crippen molar-refractivity contribution in [3.05, 3.63) is 52.5 Å². The van der Waals surface area contributed by atoms with Crippen LogP contribution in [-0.4, -0.2) is 25.0 Å². The predicted octanol–water partition coefficient (Wildman–Crippen LogP) is 3.75. The Hall–Kier alpha value is -2.24. The molecule has 0 aromatic heterocycles. The number of hydrogen-bond acceptors (Lipinski definition) is 4. The van der Waals surface area contributed by atoms with Crippen LogP contribution in [-0.2, 0) is 9.59 Å². The second-order valence-electron chi connectivity index (χ2n) is 5.29. The zero-order valence-corrected chi connectivity index (χ0v) is 14.3. The number of anilines is 2. The highest BCUT2D eigenvalue weighted by molar-refractivity contribution is 6.36. The third kappa shape index (κ3) is 3.18. The molecule has 0 radical (unpaired) electrons. The van der Waals surface area contributed by atoms with Gasteiger partial charge in [0.05, 0.1) is 29.9 Å². The van der Waals surface area contributed by atoms with Crippen molar-refractivity contribution in [1.82, 2.24) is 0 Å². The minimum Gasteiger partial charge on any atom is -0.497 e. The van der Waals surface area contributed by atoms with E-state index in [9.17, 15) is 9.59 Å². The zero-order chi connectivity index (χ0) is 17.3. The molecule has 1 aliphatic rings. The average molecular weight is 365 g/mol. The molecule has 0 bridgehead atoms. The van der Waals surface area contributed by atoms with E-state index < -0.39 is 6.04 Å². The first-order valence-corrected chi connectivity index (χ1v) is 7.97. The SMILES string of the molecule is COc1cccc(N2C(=O)C[C@@H](Nc3ccc(Cl)cc3Cl)C2=O)c1. The number of carbonyl (C=O) groups excluding carboxylic acids is 2. The first kappa shape index (κ1) is 16.6. The Kier molecular flexibility index (Phi) is 4.64. The van der Waals surface area contributed by atoms with E-state index in [2.05, 4.69) is 5.32 Å². The molecule has 1 saturated heterocycles. The molecule has 1 aliphatic heterocycles. The zero-order valence-electron chi connectivity index (χ0n) is 12.8. The van der Waals surface area contributed by atoms with Crippen LogP contribution >= 0.6 is 23.2 Å². The molecule has 124 valence electrons. The van der Waals surface area contributed by atoms with Crippen LogP contribution in [0.2, 0.25) is 10.0 Å². The summed E-state index contributed by atoms with van der Waals surface area (Å²) in [6.45, 7) is 0. The summed E-state index contributed by atoms with van der Waals surface area (Å²) in [6, 6.07) is 11.1. The van der Waals surface area contributed by atoms with Crippen LogP contribution in [0.15, 0.2) is 42.5 Å². The van der Waals surface area contributed by atoms with Gasteiger partial charge in [-0.05, 0) is 30.3 Å². The number of imide groups is 1.